The molecule has 1 aromatic heterocycles. The third kappa shape index (κ3) is 4.49. The van der Waals surface area contributed by atoms with Crippen molar-refractivity contribution in [1.29, 1.82) is 0 Å². The zero-order valence-corrected chi connectivity index (χ0v) is 12.8. The fourth-order valence-corrected chi connectivity index (χ4v) is 2.24. The predicted octanol–water partition coefficient (Wildman–Crippen LogP) is 1.91. The van der Waals surface area contributed by atoms with Gasteiger partial charge < -0.3 is 20.4 Å². The lowest BCUT2D eigenvalue weighted by Gasteiger charge is -2.10. The van der Waals surface area contributed by atoms with Crippen molar-refractivity contribution in [2.75, 3.05) is 33.4 Å². The number of methoxy groups -OCH3 is 1. The quantitative estimate of drug-likeness (QED) is 0.414. The van der Waals surface area contributed by atoms with Crippen molar-refractivity contribution in [2.45, 2.75) is 13.3 Å². The first-order chi connectivity index (χ1) is 10.3. The lowest BCUT2D eigenvalue weighted by atomic mass is 10.1. The van der Waals surface area contributed by atoms with Gasteiger partial charge in [-0.1, -0.05) is 18.2 Å². The average molecular weight is 288 g/mol. The van der Waals surface area contributed by atoms with Crippen molar-refractivity contribution in [3.05, 3.63) is 36.0 Å². The molecule has 0 saturated carbocycles. The van der Waals surface area contributed by atoms with Crippen molar-refractivity contribution in [3.8, 4) is 0 Å². The van der Waals surface area contributed by atoms with E-state index in [0.717, 1.165) is 25.5 Å². The molecule has 0 unspecified atom stereocenters. The smallest absolute Gasteiger partial charge is 0.191 e. The Bertz CT molecular complexity index is 576. The Kier molecular flexibility index (Phi) is 6.09. The Morgan fingerprint density at radius 2 is 2.14 bits per heavy atom. The van der Waals surface area contributed by atoms with Gasteiger partial charge in [-0.2, -0.15) is 0 Å². The molecule has 0 atom stereocenters. The number of rotatable bonds is 7. The second kappa shape index (κ2) is 8.32. The summed E-state index contributed by atoms with van der Waals surface area (Å²) in [5.41, 5.74) is 2.51. The number of para-hydroxylation sites is 1. The highest BCUT2D eigenvalue weighted by Gasteiger charge is 2.03. The predicted molar refractivity (Wildman–Crippen MR) is 87.9 cm³/mol. The van der Waals surface area contributed by atoms with Crippen LogP contribution in [0, 0.1) is 0 Å². The molecule has 0 saturated heterocycles. The Hall–Kier alpha value is -2.01. The monoisotopic (exact) mass is 288 g/mol. The molecule has 2 rings (SSSR count). The van der Waals surface area contributed by atoms with E-state index in [1.807, 2.05) is 6.07 Å². The standard InChI is InChI=1S/C16H24N4O/c1-3-17-16(19-10-11-21-2)18-9-8-13-12-20-15-7-5-4-6-14(13)15/h4-7,12,20H,3,8-11H2,1-2H3,(H2,17,18,19). The summed E-state index contributed by atoms with van der Waals surface area (Å²) in [6, 6.07) is 8.37. The first-order valence-corrected chi connectivity index (χ1v) is 7.41. The third-order valence-corrected chi connectivity index (χ3v) is 3.27. The molecule has 0 aliphatic heterocycles. The van der Waals surface area contributed by atoms with Gasteiger partial charge in [-0.3, -0.25) is 4.99 Å². The number of nitrogens with one attached hydrogen (secondary N) is 3. The third-order valence-electron chi connectivity index (χ3n) is 3.27. The van der Waals surface area contributed by atoms with Crippen molar-refractivity contribution < 1.29 is 4.74 Å². The van der Waals surface area contributed by atoms with Crippen molar-refractivity contribution in [3.63, 3.8) is 0 Å². The van der Waals surface area contributed by atoms with E-state index in [4.69, 9.17) is 4.74 Å². The van der Waals surface area contributed by atoms with Crippen LogP contribution in [0.2, 0.25) is 0 Å². The molecule has 0 amide bonds. The summed E-state index contributed by atoms with van der Waals surface area (Å²) in [5.74, 6) is 0.842. The molecule has 0 radical (unpaired) electrons. The summed E-state index contributed by atoms with van der Waals surface area (Å²) in [6.07, 6.45) is 3.04. The van der Waals surface area contributed by atoms with Crippen LogP contribution in [0.5, 0.6) is 0 Å². The zero-order valence-electron chi connectivity index (χ0n) is 12.8. The molecule has 0 fully saturated rings. The first kappa shape index (κ1) is 15.4. The highest BCUT2D eigenvalue weighted by Crippen LogP contribution is 2.17. The minimum absolute atomic E-state index is 0.638. The Balaban J connectivity index is 1.88. The summed E-state index contributed by atoms with van der Waals surface area (Å²) >= 11 is 0. The maximum Gasteiger partial charge on any atom is 0.191 e. The van der Waals surface area contributed by atoms with Gasteiger partial charge in [0, 0.05) is 37.3 Å². The van der Waals surface area contributed by atoms with Gasteiger partial charge in [0.25, 0.3) is 0 Å². The van der Waals surface area contributed by atoms with Gasteiger partial charge in [-0.25, -0.2) is 0 Å². The molecule has 5 nitrogen and oxygen atoms in total. The lowest BCUT2D eigenvalue weighted by Crippen LogP contribution is -2.38. The van der Waals surface area contributed by atoms with E-state index in [2.05, 4.69) is 51.9 Å². The highest BCUT2D eigenvalue weighted by molar-refractivity contribution is 5.83. The summed E-state index contributed by atoms with van der Waals surface area (Å²) in [4.78, 5) is 7.75. The summed E-state index contributed by atoms with van der Waals surface area (Å²) < 4.78 is 5.02. The van der Waals surface area contributed by atoms with E-state index in [9.17, 15) is 0 Å². The number of fused-ring (bicyclic) bond motifs is 1. The van der Waals surface area contributed by atoms with Crippen LogP contribution in [0.15, 0.2) is 35.5 Å². The number of ether oxygens (including phenoxy) is 1. The summed E-state index contributed by atoms with van der Waals surface area (Å²) in [5, 5.41) is 7.88. The van der Waals surface area contributed by atoms with E-state index in [1.165, 1.54) is 16.5 Å². The number of aromatic nitrogens is 1. The molecular formula is C16H24N4O. The van der Waals surface area contributed by atoms with Gasteiger partial charge in [-0.05, 0) is 25.0 Å². The van der Waals surface area contributed by atoms with Gasteiger partial charge >= 0.3 is 0 Å². The minimum atomic E-state index is 0.638. The number of benzene rings is 1. The van der Waals surface area contributed by atoms with Gasteiger partial charge in [0.05, 0.1) is 13.2 Å². The molecule has 0 spiro atoms. The molecule has 2 aromatic rings. The molecule has 114 valence electrons. The molecule has 21 heavy (non-hydrogen) atoms. The van der Waals surface area contributed by atoms with E-state index in [1.54, 1.807) is 7.11 Å². The summed E-state index contributed by atoms with van der Waals surface area (Å²) in [6.45, 7) is 5.07. The molecular weight excluding hydrogens is 264 g/mol. The Labute approximate surface area is 125 Å². The maximum atomic E-state index is 5.02. The number of aromatic amines is 1. The Morgan fingerprint density at radius 1 is 1.29 bits per heavy atom. The molecule has 3 N–H and O–H groups in total. The topological polar surface area (TPSA) is 61.4 Å². The van der Waals surface area contributed by atoms with Crippen molar-refractivity contribution in [1.82, 2.24) is 15.6 Å². The molecule has 0 bridgehead atoms. The number of hydrogen-bond acceptors (Lipinski definition) is 2. The average Bonchev–Trinajstić information content (AvgIpc) is 2.91. The molecule has 1 heterocycles. The number of aliphatic imine (C=N–C) groups is 1. The zero-order chi connectivity index (χ0) is 14.9. The van der Waals surface area contributed by atoms with Crippen LogP contribution >= 0.6 is 0 Å². The SMILES string of the molecule is CCNC(=NCCOC)NCCc1c[nH]c2ccccc12. The summed E-state index contributed by atoms with van der Waals surface area (Å²) in [7, 11) is 1.69. The second-order valence-corrected chi connectivity index (χ2v) is 4.79. The van der Waals surface area contributed by atoms with Crippen LogP contribution in [0.1, 0.15) is 12.5 Å². The number of guanidine groups is 1. The van der Waals surface area contributed by atoms with Crippen molar-refractivity contribution in [2.24, 2.45) is 4.99 Å². The molecule has 0 aliphatic rings. The maximum absolute atomic E-state index is 5.02. The normalized spacial score (nSPS) is 11.8. The second-order valence-electron chi connectivity index (χ2n) is 4.79. The number of hydrogen-bond donors (Lipinski definition) is 3. The van der Waals surface area contributed by atoms with Crippen LogP contribution in [0.25, 0.3) is 10.9 Å². The first-order valence-electron chi connectivity index (χ1n) is 7.41. The fraction of sp³-hybridized carbons (Fsp3) is 0.438. The van der Waals surface area contributed by atoms with Crippen LogP contribution in [0.4, 0.5) is 0 Å². The van der Waals surface area contributed by atoms with Gasteiger partial charge in [0.2, 0.25) is 0 Å². The number of nitrogens with zero attached hydrogens (tertiary/aromatic N) is 1. The largest absolute Gasteiger partial charge is 0.383 e. The van der Waals surface area contributed by atoms with E-state index in [0.29, 0.717) is 13.2 Å². The Morgan fingerprint density at radius 3 is 2.95 bits per heavy atom. The van der Waals surface area contributed by atoms with Gasteiger partial charge in [0.1, 0.15) is 0 Å². The van der Waals surface area contributed by atoms with Crippen molar-refractivity contribution >= 4 is 16.9 Å². The van der Waals surface area contributed by atoms with E-state index in [-0.39, 0.29) is 0 Å². The van der Waals surface area contributed by atoms with Crippen LogP contribution in [0.3, 0.4) is 0 Å². The molecule has 1 aromatic carbocycles. The van der Waals surface area contributed by atoms with Crippen LogP contribution < -0.4 is 10.6 Å². The molecule has 5 heteroatoms. The van der Waals surface area contributed by atoms with E-state index >= 15 is 0 Å². The van der Waals surface area contributed by atoms with E-state index < -0.39 is 0 Å². The fourth-order valence-electron chi connectivity index (χ4n) is 2.24. The van der Waals surface area contributed by atoms with Crippen LogP contribution in [-0.4, -0.2) is 44.3 Å². The van der Waals surface area contributed by atoms with Crippen LogP contribution in [-0.2, 0) is 11.2 Å². The lowest BCUT2D eigenvalue weighted by molar-refractivity contribution is 0.208. The van der Waals surface area contributed by atoms with Gasteiger partial charge in [-0.15, -0.1) is 0 Å². The minimum Gasteiger partial charge on any atom is -0.383 e. The number of H-pyrrole nitrogens is 1. The highest BCUT2D eigenvalue weighted by atomic mass is 16.5. The molecule has 0 aliphatic carbocycles. The van der Waals surface area contributed by atoms with Gasteiger partial charge in [0.15, 0.2) is 5.96 Å².